The van der Waals surface area contributed by atoms with Gasteiger partial charge in [-0.3, -0.25) is 4.79 Å². The molecule has 0 fully saturated rings. The quantitative estimate of drug-likeness (QED) is 0.838. The van der Waals surface area contributed by atoms with Crippen molar-refractivity contribution >= 4 is 17.2 Å². The zero-order valence-corrected chi connectivity index (χ0v) is 9.95. The molecule has 0 spiro atoms. The number of thiophene rings is 1. The summed E-state index contributed by atoms with van der Waals surface area (Å²) in [4.78, 5) is 14.1. The molecule has 0 bridgehead atoms. The molecule has 1 aromatic heterocycles. The van der Waals surface area contributed by atoms with E-state index in [1.165, 1.54) is 29.7 Å². The van der Waals surface area contributed by atoms with Crippen LogP contribution in [0.5, 0.6) is 0 Å². The summed E-state index contributed by atoms with van der Waals surface area (Å²) in [7, 11) is 0. The van der Waals surface area contributed by atoms with E-state index in [9.17, 15) is 4.79 Å². The second kappa shape index (κ2) is 4.79. The second-order valence-electron chi connectivity index (χ2n) is 4.02. The molecule has 2 rings (SSSR count). The van der Waals surface area contributed by atoms with Gasteiger partial charge in [0.15, 0.2) is 0 Å². The second-order valence-corrected chi connectivity index (χ2v) is 5.16. The van der Waals surface area contributed by atoms with E-state index >= 15 is 0 Å². The molecule has 1 heterocycles. The molecule has 0 saturated carbocycles. The number of carbonyl (C=O) groups excluding carboxylic acids is 1. The van der Waals surface area contributed by atoms with Gasteiger partial charge in [-0.15, -0.1) is 11.3 Å². The van der Waals surface area contributed by atoms with Gasteiger partial charge in [0.2, 0.25) is 0 Å². The molecular formula is C12H17NOS. The lowest BCUT2D eigenvalue weighted by atomic mass is 9.99. The molecule has 15 heavy (non-hydrogen) atoms. The van der Waals surface area contributed by atoms with Gasteiger partial charge in [-0.05, 0) is 43.7 Å². The highest BCUT2D eigenvalue weighted by atomic mass is 32.1. The number of amides is 1. The van der Waals surface area contributed by atoms with Crippen molar-refractivity contribution in [2.45, 2.75) is 39.0 Å². The highest BCUT2D eigenvalue weighted by molar-refractivity contribution is 7.14. The van der Waals surface area contributed by atoms with Gasteiger partial charge in [0, 0.05) is 11.4 Å². The van der Waals surface area contributed by atoms with E-state index in [1.54, 1.807) is 11.3 Å². The standard InChI is InChI=1S/C12H17NOS/c1-2-7-13-12(14)11-8-9-5-3-4-6-10(9)15-11/h8H,2-7H2,1H3,(H,13,14). The van der Waals surface area contributed by atoms with Crippen LogP contribution in [0.1, 0.15) is 46.3 Å². The van der Waals surface area contributed by atoms with Gasteiger partial charge in [-0.1, -0.05) is 6.92 Å². The average molecular weight is 223 g/mol. The van der Waals surface area contributed by atoms with Crippen molar-refractivity contribution in [3.8, 4) is 0 Å². The summed E-state index contributed by atoms with van der Waals surface area (Å²) in [6.07, 6.45) is 5.88. The lowest BCUT2D eigenvalue weighted by Crippen LogP contribution is -2.22. The first-order valence-corrected chi connectivity index (χ1v) is 6.52. The molecule has 1 amide bonds. The van der Waals surface area contributed by atoms with Crippen molar-refractivity contribution in [3.63, 3.8) is 0 Å². The highest BCUT2D eigenvalue weighted by Gasteiger charge is 2.16. The third-order valence-electron chi connectivity index (χ3n) is 2.76. The number of hydrogen-bond donors (Lipinski definition) is 1. The van der Waals surface area contributed by atoms with E-state index in [0.29, 0.717) is 0 Å². The molecular weight excluding hydrogens is 206 g/mol. The Morgan fingerprint density at radius 3 is 3.00 bits per heavy atom. The summed E-state index contributed by atoms with van der Waals surface area (Å²) < 4.78 is 0. The van der Waals surface area contributed by atoms with E-state index in [2.05, 4.69) is 18.3 Å². The number of aryl methyl sites for hydroxylation is 2. The van der Waals surface area contributed by atoms with Crippen LogP contribution in [0.4, 0.5) is 0 Å². The lowest BCUT2D eigenvalue weighted by Gasteiger charge is -2.08. The molecule has 82 valence electrons. The molecule has 0 saturated heterocycles. The number of carbonyl (C=O) groups is 1. The van der Waals surface area contributed by atoms with Crippen LogP contribution >= 0.6 is 11.3 Å². The van der Waals surface area contributed by atoms with Crippen LogP contribution in [0.2, 0.25) is 0 Å². The molecule has 1 aliphatic carbocycles. The summed E-state index contributed by atoms with van der Waals surface area (Å²) in [5, 5.41) is 2.93. The van der Waals surface area contributed by atoms with Gasteiger partial charge >= 0.3 is 0 Å². The van der Waals surface area contributed by atoms with Crippen molar-refractivity contribution in [1.82, 2.24) is 5.32 Å². The largest absolute Gasteiger partial charge is 0.351 e. The van der Waals surface area contributed by atoms with Crippen LogP contribution in [-0.2, 0) is 12.8 Å². The fourth-order valence-electron chi connectivity index (χ4n) is 1.93. The molecule has 1 aliphatic rings. The van der Waals surface area contributed by atoms with Crippen LogP contribution in [0, 0.1) is 0 Å². The van der Waals surface area contributed by atoms with Crippen LogP contribution < -0.4 is 5.32 Å². The molecule has 2 nitrogen and oxygen atoms in total. The van der Waals surface area contributed by atoms with Crippen molar-refractivity contribution in [1.29, 1.82) is 0 Å². The third kappa shape index (κ3) is 2.40. The van der Waals surface area contributed by atoms with Gasteiger partial charge in [0.25, 0.3) is 5.91 Å². The first kappa shape index (κ1) is 10.7. The Labute approximate surface area is 94.7 Å². The van der Waals surface area contributed by atoms with Gasteiger partial charge < -0.3 is 5.32 Å². The monoisotopic (exact) mass is 223 g/mol. The van der Waals surface area contributed by atoms with Crippen LogP contribution in [-0.4, -0.2) is 12.5 Å². The summed E-state index contributed by atoms with van der Waals surface area (Å²) >= 11 is 1.68. The molecule has 0 unspecified atom stereocenters. The maximum atomic E-state index is 11.7. The predicted octanol–water partition coefficient (Wildman–Crippen LogP) is 2.77. The Hall–Kier alpha value is -0.830. The maximum absolute atomic E-state index is 11.7. The predicted molar refractivity (Wildman–Crippen MR) is 63.6 cm³/mol. The first-order valence-electron chi connectivity index (χ1n) is 5.71. The lowest BCUT2D eigenvalue weighted by molar-refractivity contribution is 0.0957. The van der Waals surface area contributed by atoms with Crippen LogP contribution in [0.25, 0.3) is 0 Å². The molecule has 1 N–H and O–H groups in total. The SMILES string of the molecule is CCCNC(=O)c1cc2c(s1)CCCC2. The van der Waals surface area contributed by atoms with E-state index in [1.807, 2.05) is 0 Å². The Morgan fingerprint density at radius 2 is 2.27 bits per heavy atom. The first-order chi connectivity index (χ1) is 7.31. The Morgan fingerprint density at radius 1 is 1.47 bits per heavy atom. The van der Waals surface area contributed by atoms with E-state index < -0.39 is 0 Å². The zero-order chi connectivity index (χ0) is 10.7. The van der Waals surface area contributed by atoms with Crippen molar-refractivity contribution in [2.24, 2.45) is 0 Å². The van der Waals surface area contributed by atoms with Gasteiger partial charge in [-0.25, -0.2) is 0 Å². The summed E-state index contributed by atoms with van der Waals surface area (Å²) in [6, 6.07) is 2.09. The zero-order valence-electron chi connectivity index (χ0n) is 9.14. The molecule has 0 aliphatic heterocycles. The minimum absolute atomic E-state index is 0.108. The Balaban J connectivity index is 2.08. The van der Waals surface area contributed by atoms with Gasteiger partial charge in [0.05, 0.1) is 4.88 Å². The van der Waals surface area contributed by atoms with Gasteiger partial charge in [0.1, 0.15) is 0 Å². The summed E-state index contributed by atoms with van der Waals surface area (Å²) in [5.41, 5.74) is 1.41. The summed E-state index contributed by atoms with van der Waals surface area (Å²) in [5.74, 6) is 0.108. The third-order valence-corrected chi connectivity index (χ3v) is 3.99. The molecule has 1 aromatic rings. The summed E-state index contributed by atoms with van der Waals surface area (Å²) in [6.45, 7) is 2.85. The van der Waals surface area contributed by atoms with E-state index in [0.717, 1.165) is 24.3 Å². The van der Waals surface area contributed by atoms with E-state index in [4.69, 9.17) is 0 Å². The van der Waals surface area contributed by atoms with Crippen molar-refractivity contribution < 1.29 is 4.79 Å². The van der Waals surface area contributed by atoms with Crippen molar-refractivity contribution in [2.75, 3.05) is 6.54 Å². The minimum Gasteiger partial charge on any atom is -0.351 e. The number of rotatable bonds is 3. The average Bonchev–Trinajstić information content (AvgIpc) is 2.69. The maximum Gasteiger partial charge on any atom is 0.261 e. The molecule has 3 heteroatoms. The fourth-order valence-corrected chi connectivity index (χ4v) is 3.10. The van der Waals surface area contributed by atoms with Crippen LogP contribution in [0.3, 0.4) is 0 Å². The Bertz CT molecular complexity index is 333. The number of hydrogen-bond acceptors (Lipinski definition) is 2. The smallest absolute Gasteiger partial charge is 0.261 e. The van der Waals surface area contributed by atoms with Crippen molar-refractivity contribution in [3.05, 3.63) is 21.4 Å². The fraction of sp³-hybridized carbons (Fsp3) is 0.583. The van der Waals surface area contributed by atoms with Crippen LogP contribution in [0.15, 0.2) is 6.07 Å². The number of nitrogens with one attached hydrogen (secondary N) is 1. The molecule has 0 aromatic carbocycles. The molecule has 0 radical (unpaired) electrons. The normalized spacial score (nSPS) is 14.7. The van der Waals surface area contributed by atoms with E-state index in [-0.39, 0.29) is 5.91 Å². The minimum atomic E-state index is 0.108. The topological polar surface area (TPSA) is 29.1 Å². The highest BCUT2D eigenvalue weighted by Crippen LogP contribution is 2.29. The Kier molecular flexibility index (Phi) is 3.41. The number of fused-ring (bicyclic) bond motifs is 1. The van der Waals surface area contributed by atoms with Gasteiger partial charge in [-0.2, -0.15) is 0 Å². The molecule has 0 atom stereocenters.